The summed E-state index contributed by atoms with van der Waals surface area (Å²) >= 11 is 5.95. The van der Waals surface area contributed by atoms with Crippen molar-refractivity contribution in [2.75, 3.05) is 10.6 Å². The Morgan fingerprint density at radius 3 is 2.67 bits per heavy atom. The van der Waals surface area contributed by atoms with Gasteiger partial charge >= 0.3 is 5.97 Å². The van der Waals surface area contributed by atoms with E-state index in [1.54, 1.807) is 25.1 Å². The SMILES string of the molecule is CCC(=O)Nc1ccc(Cl)c(NC(C)C(=O)O)c1. The lowest BCUT2D eigenvalue weighted by atomic mass is 10.2. The van der Waals surface area contributed by atoms with Gasteiger partial charge in [-0.25, -0.2) is 0 Å². The number of amides is 1. The second-order valence-electron chi connectivity index (χ2n) is 3.80. The third kappa shape index (κ3) is 3.92. The summed E-state index contributed by atoms with van der Waals surface area (Å²) in [5.41, 5.74) is 1.05. The van der Waals surface area contributed by atoms with E-state index in [0.29, 0.717) is 22.8 Å². The van der Waals surface area contributed by atoms with Crippen molar-refractivity contribution in [3.63, 3.8) is 0 Å². The predicted octanol–water partition coefficient (Wildman–Crippen LogP) is 2.57. The van der Waals surface area contributed by atoms with Crippen LogP contribution in [-0.4, -0.2) is 23.0 Å². The molecule has 1 unspecified atom stereocenters. The van der Waals surface area contributed by atoms with Gasteiger partial charge in [0.2, 0.25) is 5.91 Å². The number of hydrogen-bond donors (Lipinski definition) is 3. The molecule has 1 aromatic carbocycles. The van der Waals surface area contributed by atoms with Crippen LogP contribution in [0.2, 0.25) is 5.02 Å². The number of benzene rings is 1. The van der Waals surface area contributed by atoms with E-state index in [2.05, 4.69) is 10.6 Å². The highest BCUT2D eigenvalue weighted by molar-refractivity contribution is 6.33. The van der Waals surface area contributed by atoms with E-state index < -0.39 is 12.0 Å². The maximum atomic E-state index is 11.2. The monoisotopic (exact) mass is 270 g/mol. The Kier molecular flexibility index (Phi) is 4.97. The number of carbonyl (C=O) groups is 2. The molecule has 1 atom stereocenters. The molecule has 1 aromatic rings. The van der Waals surface area contributed by atoms with Gasteiger partial charge in [0, 0.05) is 12.1 Å². The molecule has 0 aliphatic rings. The topological polar surface area (TPSA) is 78.4 Å². The first kappa shape index (κ1) is 14.3. The first-order valence-corrected chi connectivity index (χ1v) is 5.90. The summed E-state index contributed by atoms with van der Waals surface area (Å²) in [7, 11) is 0. The van der Waals surface area contributed by atoms with Gasteiger partial charge < -0.3 is 15.7 Å². The Balaban J connectivity index is 2.87. The lowest BCUT2D eigenvalue weighted by Gasteiger charge is -2.14. The van der Waals surface area contributed by atoms with Crippen LogP contribution in [0.25, 0.3) is 0 Å². The van der Waals surface area contributed by atoms with Crippen LogP contribution in [0.3, 0.4) is 0 Å². The summed E-state index contributed by atoms with van der Waals surface area (Å²) in [4.78, 5) is 22.0. The molecule has 1 amide bonds. The number of rotatable bonds is 5. The Morgan fingerprint density at radius 1 is 1.44 bits per heavy atom. The van der Waals surface area contributed by atoms with Crippen LogP contribution in [0, 0.1) is 0 Å². The van der Waals surface area contributed by atoms with Crippen molar-refractivity contribution in [3.8, 4) is 0 Å². The van der Waals surface area contributed by atoms with Gasteiger partial charge in [-0.3, -0.25) is 9.59 Å². The van der Waals surface area contributed by atoms with E-state index in [4.69, 9.17) is 16.7 Å². The minimum atomic E-state index is -0.978. The van der Waals surface area contributed by atoms with Crippen LogP contribution < -0.4 is 10.6 Å². The van der Waals surface area contributed by atoms with Crippen molar-refractivity contribution >= 4 is 34.9 Å². The number of halogens is 1. The Labute approximate surface area is 110 Å². The lowest BCUT2D eigenvalue weighted by Crippen LogP contribution is -2.25. The number of carboxylic acids is 1. The molecule has 98 valence electrons. The second-order valence-corrected chi connectivity index (χ2v) is 4.21. The number of carbonyl (C=O) groups excluding carboxylic acids is 1. The average molecular weight is 271 g/mol. The van der Waals surface area contributed by atoms with Gasteiger partial charge in [0.05, 0.1) is 10.7 Å². The zero-order chi connectivity index (χ0) is 13.7. The normalized spacial score (nSPS) is 11.7. The molecule has 0 saturated carbocycles. The first-order valence-electron chi connectivity index (χ1n) is 5.52. The highest BCUT2D eigenvalue weighted by Crippen LogP contribution is 2.26. The van der Waals surface area contributed by atoms with Gasteiger partial charge in [-0.15, -0.1) is 0 Å². The summed E-state index contributed by atoms with van der Waals surface area (Å²) < 4.78 is 0. The molecule has 0 bridgehead atoms. The summed E-state index contributed by atoms with van der Waals surface area (Å²) in [6.45, 7) is 3.26. The van der Waals surface area contributed by atoms with Gasteiger partial charge in [-0.1, -0.05) is 18.5 Å². The number of hydrogen-bond acceptors (Lipinski definition) is 3. The fourth-order valence-electron chi connectivity index (χ4n) is 1.26. The van der Waals surface area contributed by atoms with E-state index in [1.807, 2.05) is 0 Å². The molecule has 18 heavy (non-hydrogen) atoms. The van der Waals surface area contributed by atoms with Gasteiger partial charge in [0.15, 0.2) is 0 Å². The largest absolute Gasteiger partial charge is 0.480 e. The molecule has 6 heteroatoms. The zero-order valence-electron chi connectivity index (χ0n) is 10.2. The van der Waals surface area contributed by atoms with Crippen LogP contribution >= 0.6 is 11.6 Å². The van der Waals surface area contributed by atoms with Crippen LogP contribution in [0.1, 0.15) is 20.3 Å². The van der Waals surface area contributed by atoms with Gasteiger partial charge in [0.25, 0.3) is 0 Å². The van der Waals surface area contributed by atoms with Gasteiger partial charge in [-0.2, -0.15) is 0 Å². The van der Waals surface area contributed by atoms with Crippen LogP contribution in [-0.2, 0) is 9.59 Å². The maximum absolute atomic E-state index is 11.2. The second kappa shape index (κ2) is 6.26. The Morgan fingerprint density at radius 2 is 2.11 bits per heavy atom. The Hall–Kier alpha value is -1.75. The van der Waals surface area contributed by atoms with E-state index in [0.717, 1.165) is 0 Å². The van der Waals surface area contributed by atoms with Crippen molar-refractivity contribution < 1.29 is 14.7 Å². The third-order valence-corrected chi connectivity index (χ3v) is 2.64. The Bertz CT molecular complexity index is 463. The van der Waals surface area contributed by atoms with Crippen LogP contribution in [0.15, 0.2) is 18.2 Å². The summed E-state index contributed by atoms with van der Waals surface area (Å²) in [5, 5.41) is 14.6. The van der Waals surface area contributed by atoms with E-state index in [1.165, 1.54) is 6.92 Å². The maximum Gasteiger partial charge on any atom is 0.325 e. The number of carboxylic acid groups (broad SMARTS) is 1. The molecule has 5 nitrogen and oxygen atoms in total. The van der Waals surface area contributed by atoms with Crippen molar-refractivity contribution in [2.24, 2.45) is 0 Å². The summed E-state index contributed by atoms with van der Waals surface area (Å²) in [6.07, 6.45) is 0.372. The molecule has 0 saturated heterocycles. The fraction of sp³-hybridized carbons (Fsp3) is 0.333. The van der Waals surface area contributed by atoms with Crippen molar-refractivity contribution in [3.05, 3.63) is 23.2 Å². The smallest absolute Gasteiger partial charge is 0.325 e. The molecule has 0 aliphatic heterocycles. The number of aliphatic carboxylic acids is 1. The van der Waals surface area contributed by atoms with Gasteiger partial charge in [-0.05, 0) is 25.1 Å². The van der Waals surface area contributed by atoms with Crippen molar-refractivity contribution in [2.45, 2.75) is 26.3 Å². The van der Waals surface area contributed by atoms with E-state index in [-0.39, 0.29) is 5.91 Å². The molecule has 0 fully saturated rings. The molecule has 0 spiro atoms. The highest BCUT2D eigenvalue weighted by Gasteiger charge is 2.12. The zero-order valence-corrected chi connectivity index (χ0v) is 10.9. The third-order valence-electron chi connectivity index (χ3n) is 2.31. The quantitative estimate of drug-likeness (QED) is 0.768. The molecule has 1 rings (SSSR count). The molecule has 3 N–H and O–H groups in total. The molecule has 0 aliphatic carbocycles. The average Bonchev–Trinajstić information content (AvgIpc) is 2.33. The summed E-state index contributed by atoms with van der Waals surface area (Å²) in [5.74, 6) is -1.09. The van der Waals surface area contributed by atoms with Crippen LogP contribution in [0.4, 0.5) is 11.4 Å². The molecular weight excluding hydrogens is 256 g/mol. The van der Waals surface area contributed by atoms with Crippen molar-refractivity contribution in [1.82, 2.24) is 0 Å². The molecule has 0 aromatic heterocycles. The van der Waals surface area contributed by atoms with E-state index >= 15 is 0 Å². The van der Waals surface area contributed by atoms with Crippen LogP contribution in [0.5, 0.6) is 0 Å². The molecule has 0 radical (unpaired) electrons. The van der Waals surface area contributed by atoms with Crippen molar-refractivity contribution in [1.29, 1.82) is 0 Å². The molecular formula is C12H15ClN2O3. The highest BCUT2D eigenvalue weighted by atomic mass is 35.5. The fourth-order valence-corrected chi connectivity index (χ4v) is 1.43. The minimum absolute atomic E-state index is 0.116. The van der Waals surface area contributed by atoms with Gasteiger partial charge in [0.1, 0.15) is 6.04 Å². The lowest BCUT2D eigenvalue weighted by molar-refractivity contribution is -0.137. The number of anilines is 2. The minimum Gasteiger partial charge on any atom is -0.480 e. The van der Waals surface area contributed by atoms with E-state index in [9.17, 15) is 9.59 Å². The standard InChI is InChI=1S/C12H15ClN2O3/c1-3-11(16)15-8-4-5-9(13)10(6-8)14-7(2)12(17)18/h4-7,14H,3H2,1-2H3,(H,15,16)(H,17,18). The molecule has 0 heterocycles. The number of nitrogens with one attached hydrogen (secondary N) is 2. The predicted molar refractivity (Wildman–Crippen MR) is 71.1 cm³/mol. The first-order chi connectivity index (χ1) is 8.43. The summed E-state index contributed by atoms with van der Waals surface area (Å²) in [6, 6.07) is 4.10.